The van der Waals surface area contributed by atoms with Crippen molar-refractivity contribution in [1.82, 2.24) is 9.80 Å². The third kappa shape index (κ3) is 5.11. The van der Waals surface area contributed by atoms with E-state index in [0.717, 1.165) is 70.8 Å². The van der Waals surface area contributed by atoms with Crippen molar-refractivity contribution in [3.8, 4) is 0 Å². The molecule has 0 aromatic heterocycles. The predicted octanol–water partition coefficient (Wildman–Crippen LogP) is 4.87. The van der Waals surface area contributed by atoms with Crippen molar-refractivity contribution in [2.45, 2.75) is 32.2 Å². The number of piperazine rings is 1. The molecule has 6 heteroatoms. The lowest BCUT2D eigenvalue weighted by Gasteiger charge is -2.36. The molecule has 0 radical (unpaired) electrons. The zero-order valence-corrected chi connectivity index (χ0v) is 18.8. The van der Waals surface area contributed by atoms with Gasteiger partial charge in [-0.1, -0.05) is 53.5 Å². The third-order valence-corrected chi connectivity index (χ3v) is 7.05. The van der Waals surface area contributed by atoms with Crippen LogP contribution in [0.2, 0.25) is 10.0 Å². The molecule has 0 aliphatic carbocycles. The third-order valence-electron chi connectivity index (χ3n) is 6.24. The van der Waals surface area contributed by atoms with Crippen molar-refractivity contribution in [1.29, 1.82) is 0 Å². The molecule has 0 atom stereocenters. The topological polar surface area (TPSA) is 26.8 Å². The van der Waals surface area contributed by atoms with Crippen LogP contribution in [0, 0.1) is 0 Å². The van der Waals surface area contributed by atoms with Gasteiger partial charge in [-0.3, -0.25) is 9.69 Å². The summed E-state index contributed by atoms with van der Waals surface area (Å²) in [5, 5.41) is 1.25. The minimum atomic E-state index is 0.296. The molecular formula is C24H29Cl2N3O. The van der Waals surface area contributed by atoms with E-state index in [1.54, 1.807) is 0 Å². The van der Waals surface area contributed by atoms with Gasteiger partial charge in [0.15, 0.2) is 0 Å². The molecule has 0 spiro atoms. The molecule has 4 rings (SSSR count). The molecule has 0 unspecified atom stereocenters. The molecule has 2 aliphatic heterocycles. The van der Waals surface area contributed by atoms with Gasteiger partial charge in [-0.2, -0.15) is 0 Å². The van der Waals surface area contributed by atoms with Crippen LogP contribution in [0.4, 0.5) is 5.69 Å². The van der Waals surface area contributed by atoms with E-state index in [4.69, 9.17) is 23.2 Å². The van der Waals surface area contributed by atoms with Crippen molar-refractivity contribution in [2.24, 2.45) is 0 Å². The average Bonchev–Trinajstić information content (AvgIpc) is 2.78. The number of nitrogens with zero attached hydrogens (tertiary/aromatic N) is 3. The Balaban J connectivity index is 1.16. The van der Waals surface area contributed by atoms with Crippen LogP contribution in [0.5, 0.6) is 0 Å². The van der Waals surface area contributed by atoms with Gasteiger partial charge >= 0.3 is 0 Å². The fourth-order valence-electron chi connectivity index (χ4n) is 4.43. The van der Waals surface area contributed by atoms with Gasteiger partial charge in [0.2, 0.25) is 5.91 Å². The normalized spacial score (nSPS) is 17.1. The second-order valence-corrected chi connectivity index (χ2v) is 8.98. The van der Waals surface area contributed by atoms with Crippen molar-refractivity contribution in [3.63, 3.8) is 0 Å². The van der Waals surface area contributed by atoms with E-state index in [0.29, 0.717) is 22.4 Å². The number of fused-ring (bicyclic) bond motifs is 1. The molecule has 1 fully saturated rings. The minimum absolute atomic E-state index is 0.296. The average molecular weight is 446 g/mol. The van der Waals surface area contributed by atoms with E-state index in [1.165, 1.54) is 11.1 Å². The number of hydrogen-bond acceptors (Lipinski definition) is 3. The lowest BCUT2D eigenvalue weighted by molar-refractivity contribution is -0.132. The van der Waals surface area contributed by atoms with Crippen LogP contribution in [-0.2, 0) is 17.8 Å². The number of anilines is 1. The highest BCUT2D eigenvalue weighted by Gasteiger charge is 2.21. The van der Waals surface area contributed by atoms with Gasteiger partial charge in [0.25, 0.3) is 0 Å². The Morgan fingerprint density at radius 3 is 2.43 bits per heavy atom. The van der Waals surface area contributed by atoms with Crippen molar-refractivity contribution in [2.75, 3.05) is 44.2 Å². The second-order valence-electron chi connectivity index (χ2n) is 8.19. The number of amides is 1. The standard InChI is InChI=1S/C24H29Cl2N3O/c25-21-8-5-9-22(24(21)26)28-16-14-27(15-17-28)12-4-3-10-23(30)29-13-11-19-6-1-2-7-20(19)18-29/h1-2,5-9H,3-4,10-18H2. The van der Waals surface area contributed by atoms with Gasteiger partial charge in [0.05, 0.1) is 15.7 Å². The first-order chi connectivity index (χ1) is 14.6. The first kappa shape index (κ1) is 21.5. The summed E-state index contributed by atoms with van der Waals surface area (Å²) in [5.74, 6) is 0.296. The molecule has 30 heavy (non-hydrogen) atoms. The van der Waals surface area contributed by atoms with Gasteiger partial charge in [0.1, 0.15) is 0 Å². The fourth-order valence-corrected chi connectivity index (χ4v) is 4.84. The van der Waals surface area contributed by atoms with Crippen LogP contribution >= 0.6 is 23.2 Å². The summed E-state index contributed by atoms with van der Waals surface area (Å²) in [4.78, 5) is 19.4. The van der Waals surface area contributed by atoms with E-state index in [2.05, 4.69) is 34.1 Å². The number of benzene rings is 2. The molecule has 2 aromatic rings. The Bertz CT molecular complexity index is 881. The maximum Gasteiger partial charge on any atom is 0.222 e. The molecule has 160 valence electrons. The van der Waals surface area contributed by atoms with E-state index in [-0.39, 0.29) is 0 Å². The zero-order valence-electron chi connectivity index (χ0n) is 17.3. The van der Waals surface area contributed by atoms with Crippen molar-refractivity contribution >= 4 is 34.8 Å². The van der Waals surface area contributed by atoms with Gasteiger partial charge in [0, 0.05) is 45.7 Å². The molecular weight excluding hydrogens is 417 g/mol. The lowest BCUT2D eigenvalue weighted by atomic mass is 9.99. The molecule has 0 saturated carbocycles. The molecule has 2 aliphatic rings. The van der Waals surface area contributed by atoms with Crippen molar-refractivity contribution in [3.05, 3.63) is 63.6 Å². The first-order valence-electron chi connectivity index (χ1n) is 10.9. The number of hydrogen-bond donors (Lipinski definition) is 0. The van der Waals surface area contributed by atoms with Gasteiger partial charge < -0.3 is 9.80 Å². The maximum absolute atomic E-state index is 12.6. The summed E-state index contributed by atoms with van der Waals surface area (Å²) in [7, 11) is 0. The summed E-state index contributed by atoms with van der Waals surface area (Å²) in [6.45, 7) is 6.60. The number of halogens is 2. The Hall–Kier alpha value is -1.75. The van der Waals surface area contributed by atoms with Crippen LogP contribution in [0.1, 0.15) is 30.4 Å². The summed E-state index contributed by atoms with van der Waals surface area (Å²) >= 11 is 12.5. The highest BCUT2D eigenvalue weighted by atomic mass is 35.5. The Labute approximate surface area is 189 Å². The van der Waals surface area contributed by atoms with Gasteiger partial charge in [-0.05, 0) is 49.1 Å². The van der Waals surface area contributed by atoms with E-state index in [1.807, 2.05) is 23.1 Å². The fraction of sp³-hybridized carbons (Fsp3) is 0.458. The highest BCUT2D eigenvalue weighted by molar-refractivity contribution is 6.43. The highest BCUT2D eigenvalue weighted by Crippen LogP contribution is 2.32. The van der Waals surface area contributed by atoms with Gasteiger partial charge in [-0.15, -0.1) is 0 Å². The predicted molar refractivity (Wildman–Crippen MR) is 125 cm³/mol. The molecule has 2 heterocycles. The second kappa shape index (κ2) is 10.0. The van der Waals surface area contributed by atoms with E-state index in [9.17, 15) is 4.79 Å². The quantitative estimate of drug-likeness (QED) is 0.593. The maximum atomic E-state index is 12.6. The SMILES string of the molecule is O=C(CCCCN1CCN(c2cccc(Cl)c2Cl)CC1)N1CCc2ccccc2C1. The Kier molecular flexibility index (Phi) is 7.19. The van der Waals surface area contributed by atoms with Crippen LogP contribution in [0.3, 0.4) is 0 Å². The first-order valence-corrected chi connectivity index (χ1v) is 11.6. The molecule has 2 aromatic carbocycles. The molecule has 0 bridgehead atoms. The van der Waals surface area contributed by atoms with Crippen LogP contribution < -0.4 is 4.90 Å². The number of unbranched alkanes of at least 4 members (excludes halogenated alkanes) is 1. The Morgan fingerprint density at radius 1 is 0.867 bits per heavy atom. The molecule has 4 nitrogen and oxygen atoms in total. The monoisotopic (exact) mass is 445 g/mol. The summed E-state index contributed by atoms with van der Waals surface area (Å²) in [6.07, 6.45) is 3.65. The molecule has 0 N–H and O–H groups in total. The van der Waals surface area contributed by atoms with Crippen LogP contribution in [-0.4, -0.2) is 55.0 Å². The molecule has 1 amide bonds. The summed E-state index contributed by atoms with van der Waals surface area (Å²) in [6, 6.07) is 14.3. The van der Waals surface area contributed by atoms with Crippen LogP contribution in [0.25, 0.3) is 0 Å². The summed E-state index contributed by atoms with van der Waals surface area (Å²) < 4.78 is 0. The van der Waals surface area contributed by atoms with Crippen LogP contribution in [0.15, 0.2) is 42.5 Å². The number of carbonyl (C=O) groups is 1. The largest absolute Gasteiger partial charge is 0.368 e. The van der Waals surface area contributed by atoms with Crippen molar-refractivity contribution < 1.29 is 4.79 Å². The van der Waals surface area contributed by atoms with E-state index < -0.39 is 0 Å². The van der Waals surface area contributed by atoms with E-state index >= 15 is 0 Å². The molecule has 1 saturated heterocycles. The number of rotatable bonds is 6. The smallest absolute Gasteiger partial charge is 0.222 e. The number of carbonyl (C=O) groups excluding carboxylic acids is 1. The summed E-state index contributed by atoms with van der Waals surface area (Å²) in [5.41, 5.74) is 3.71. The zero-order chi connectivity index (χ0) is 20.9. The van der Waals surface area contributed by atoms with Gasteiger partial charge in [-0.25, -0.2) is 0 Å². The minimum Gasteiger partial charge on any atom is -0.368 e. The Morgan fingerprint density at radius 2 is 1.63 bits per heavy atom. The lowest BCUT2D eigenvalue weighted by Crippen LogP contribution is -2.46.